The number of sulfonamides is 1. The zero-order valence-corrected chi connectivity index (χ0v) is 13.7. The number of rotatable bonds is 8. The summed E-state index contributed by atoms with van der Waals surface area (Å²) in [5.41, 5.74) is 0.248. The SMILES string of the molecule is CC[C@@H](C(=O)NCCOC)N(c1ccc(F)cc1)S(C)(=O)=O. The molecule has 124 valence electrons. The molecule has 0 radical (unpaired) electrons. The summed E-state index contributed by atoms with van der Waals surface area (Å²) >= 11 is 0. The van der Waals surface area contributed by atoms with Crippen LogP contribution in [0, 0.1) is 5.82 Å². The predicted octanol–water partition coefficient (Wildman–Crippen LogP) is 1.13. The highest BCUT2D eigenvalue weighted by Crippen LogP contribution is 2.22. The Morgan fingerprint density at radius 2 is 1.95 bits per heavy atom. The van der Waals surface area contributed by atoms with Crippen LogP contribution in [0.3, 0.4) is 0 Å². The van der Waals surface area contributed by atoms with Crippen LogP contribution in [0.1, 0.15) is 13.3 Å². The number of ether oxygens (including phenoxy) is 1. The first-order valence-corrected chi connectivity index (χ1v) is 8.67. The van der Waals surface area contributed by atoms with Gasteiger partial charge in [0.2, 0.25) is 15.9 Å². The number of amides is 1. The molecule has 1 aromatic rings. The number of anilines is 1. The highest BCUT2D eigenvalue weighted by atomic mass is 32.2. The summed E-state index contributed by atoms with van der Waals surface area (Å²) in [6, 6.07) is 4.08. The van der Waals surface area contributed by atoms with Gasteiger partial charge in [0.25, 0.3) is 0 Å². The lowest BCUT2D eigenvalue weighted by molar-refractivity contribution is -0.122. The van der Waals surface area contributed by atoms with Crippen LogP contribution in [-0.4, -0.2) is 46.9 Å². The molecule has 0 heterocycles. The van der Waals surface area contributed by atoms with Crippen molar-refractivity contribution in [2.75, 3.05) is 30.8 Å². The molecule has 0 spiro atoms. The van der Waals surface area contributed by atoms with E-state index in [4.69, 9.17) is 4.74 Å². The molecule has 0 aliphatic carbocycles. The third kappa shape index (κ3) is 4.96. The van der Waals surface area contributed by atoms with E-state index in [1.165, 1.54) is 19.2 Å². The van der Waals surface area contributed by atoms with Crippen LogP contribution in [0.5, 0.6) is 0 Å². The minimum absolute atomic E-state index is 0.248. The molecule has 8 heteroatoms. The third-order valence-electron chi connectivity index (χ3n) is 3.02. The van der Waals surface area contributed by atoms with E-state index in [2.05, 4.69) is 5.32 Å². The molecular formula is C14H21FN2O4S. The van der Waals surface area contributed by atoms with Gasteiger partial charge in [-0.15, -0.1) is 0 Å². The van der Waals surface area contributed by atoms with Crippen molar-refractivity contribution in [1.82, 2.24) is 5.32 Å². The first-order valence-electron chi connectivity index (χ1n) is 6.82. The third-order valence-corrected chi connectivity index (χ3v) is 4.20. The van der Waals surface area contributed by atoms with Crippen molar-refractivity contribution >= 4 is 21.6 Å². The van der Waals surface area contributed by atoms with Crippen molar-refractivity contribution in [3.63, 3.8) is 0 Å². The number of hydrogen-bond donors (Lipinski definition) is 1. The number of benzene rings is 1. The van der Waals surface area contributed by atoms with Gasteiger partial charge in [0.05, 0.1) is 18.6 Å². The number of methoxy groups -OCH3 is 1. The summed E-state index contributed by atoms with van der Waals surface area (Å²) in [6.07, 6.45) is 1.30. The van der Waals surface area contributed by atoms with Gasteiger partial charge in [-0.25, -0.2) is 12.8 Å². The highest BCUT2D eigenvalue weighted by molar-refractivity contribution is 7.92. The molecule has 0 saturated carbocycles. The van der Waals surface area contributed by atoms with Gasteiger partial charge in [0.15, 0.2) is 0 Å². The maximum Gasteiger partial charge on any atom is 0.243 e. The van der Waals surface area contributed by atoms with Crippen molar-refractivity contribution in [3.8, 4) is 0 Å². The Morgan fingerprint density at radius 1 is 1.36 bits per heavy atom. The van der Waals surface area contributed by atoms with E-state index in [0.29, 0.717) is 6.61 Å². The summed E-state index contributed by atoms with van der Waals surface area (Å²) in [4.78, 5) is 12.2. The number of carbonyl (C=O) groups excluding carboxylic acids is 1. The van der Waals surface area contributed by atoms with Gasteiger partial charge >= 0.3 is 0 Å². The first-order chi connectivity index (χ1) is 10.3. The molecule has 1 aromatic carbocycles. The number of carbonyl (C=O) groups is 1. The number of hydrogen-bond acceptors (Lipinski definition) is 4. The lowest BCUT2D eigenvalue weighted by atomic mass is 10.2. The average Bonchev–Trinajstić information content (AvgIpc) is 2.44. The van der Waals surface area contributed by atoms with Gasteiger partial charge in [-0.05, 0) is 30.7 Å². The Balaban J connectivity index is 3.08. The van der Waals surface area contributed by atoms with E-state index in [0.717, 1.165) is 22.7 Å². The van der Waals surface area contributed by atoms with Crippen molar-refractivity contribution in [2.24, 2.45) is 0 Å². The van der Waals surface area contributed by atoms with Gasteiger partial charge in [-0.2, -0.15) is 0 Å². The van der Waals surface area contributed by atoms with Crippen LogP contribution in [0.15, 0.2) is 24.3 Å². The van der Waals surface area contributed by atoms with Crippen LogP contribution in [-0.2, 0) is 19.6 Å². The van der Waals surface area contributed by atoms with Crippen molar-refractivity contribution in [3.05, 3.63) is 30.1 Å². The molecule has 0 saturated heterocycles. The molecule has 0 fully saturated rings. The minimum atomic E-state index is -3.70. The minimum Gasteiger partial charge on any atom is -0.383 e. The number of halogens is 1. The molecule has 22 heavy (non-hydrogen) atoms. The zero-order chi connectivity index (χ0) is 16.8. The van der Waals surface area contributed by atoms with Gasteiger partial charge in [-0.3, -0.25) is 9.10 Å². The fourth-order valence-electron chi connectivity index (χ4n) is 2.04. The van der Waals surface area contributed by atoms with E-state index in [-0.39, 0.29) is 18.7 Å². The maximum absolute atomic E-state index is 13.0. The summed E-state index contributed by atoms with van der Waals surface area (Å²) in [5.74, 6) is -0.899. The smallest absolute Gasteiger partial charge is 0.243 e. The lowest BCUT2D eigenvalue weighted by Crippen LogP contribution is -2.49. The predicted molar refractivity (Wildman–Crippen MR) is 82.7 cm³/mol. The Morgan fingerprint density at radius 3 is 2.41 bits per heavy atom. The second-order valence-electron chi connectivity index (χ2n) is 4.74. The Bertz CT molecular complexity index is 589. The summed E-state index contributed by atoms with van der Waals surface area (Å²) in [5, 5.41) is 2.62. The molecule has 6 nitrogen and oxygen atoms in total. The van der Waals surface area contributed by atoms with Gasteiger partial charge in [0.1, 0.15) is 11.9 Å². The fourth-order valence-corrected chi connectivity index (χ4v) is 3.25. The van der Waals surface area contributed by atoms with Crippen molar-refractivity contribution in [1.29, 1.82) is 0 Å². The molecular weight excluding hydrogens is 311 g/mol. The molecule has 1 N–H and O–H groups in total. The van der Waals surface area contributed by atoms with Crippen LogP contribution < -0.4 is 9.62 Å². The van der Waals surface area contributed by atoms with Gasteiger partial charge < -0.3 is 10.1 Å². The van der Waals surface area contributed by atoms with Crippen LogP contribution >= 0.6 is 0 Å². The highest BCUT2D eigenvalue weighted by Gasteiger charge is 2.31. The molecule has 0 unspecified atom stereocenters. The van der Waals surface area contributed by atoms with Crippen molar-refractivity contribution in [2.45, 2.75) is 19.4 Å². The first kappa shape index (κ1) is 18.4. The van der Waals surface area contributed by atoms with Crippen LogP contribution in [0.2, 0.25) is 0 Å². The molecule has 1 amide bonds. The van der Waals surface area contributed by atoms with E-state index >= 15 is 0 Å². The quantitative estimate of drug-likeness (QED) is 0.724. The second kappa shape index (κ2) is 8.09. The molecule has 0 aliphatic rings. The largest absolute Gasteiger partial charge is 0.383 e. The van der Waals surface area contributed by atoms with E-state index in [9.17, 15) is 17.6 Å². The summed E-state index contributed by atoms with van der Waals surface area (Å²) < 4.78 is 43.0. The molecule has 0 aromatic heterocycles. The standard InChI is InChI=1S/C14H21FN2O4S/c1-4-13(14(18)16-9-10-21-2)17(22(3,19)20)12-7-5-11(15)6-8-12/h5-8,13H,4,9-10H2,1-3H3,(H,16,18)/t13-/m0/s1. The monoisotopic (exact) mass is 332 g/mol. The van der Waals surface area contributed by atoms with Crippen LogP contribution in [0.25, 0.3) is 0 Å². The average molecular weight is 332 g/mol. The number of nitrogens with zero attached hydrogens (tertiary/aromatic N) is 1. The lowest BCUT2D eigenvalue weighted by Gasteiger charge is -2.30. The van der Waals surface area contributed by atoms with E-state index < -0.39 is 27.8 Å². The topological polar surface area (TPSA) is 75.7 Å². The molecule has 0 bridgehead atoms. The fraction of sp³-hybridized carbons (Fsp3) is 0.500. The zero-order valence-electron chi connectivity index (χ0n) is 12.9. The Kier molecular flexibility index (Phi) is 6.76. The van der Waals surface area contributed by atoms with E-state index in [1.54, 1.807) is 6.92 Å². The Hall–Kier alpha value is -1.67. The molecule has 0 aliphatic heterocycles. The van der Waals surface area contributed by atoms with E-state index in [1.807, 2.05) is 0 Å². The number of nitrogens with one attached hydrogen (secondary N) is 1. The Labute approximate surface area is 130 Å². The summed E-state index contributed by atoms with van der Waals surface area (Å²) in [7, 11) is -2.19. The molecule has 1 atom stereocenters. The van der Waals surface area contributed by atoms with Gasteiger partial charge in [-0.1, -0.05) is 6.92 Å². The second-order valence-corrected chi connectivity index (χ2v) is 6.60. The molecule has 1 rings (SSSR count). The normalized spacial score (nSPS) is 12.7. The van der Waals surface area contributed by atoms with Crippen molar-refractivity contribution < 1.29 is 22.3 Å². The van der Waals surface area contributed by atoms with Crippen LogP contribution in [0.4, 0.5) is 10.1 Å². The summed E-state index contributed by atoms with van der Waals surface area (Å²) in [6.45, 7) is 2.33. The maximum atomic E-state index is 13.0. The van der Waals surface area contributed by atoms with Gasteiger partial charge in [0, 0.05) is 13.7 Å².